The van der Waals surface area contributed by atoms with Gasteiger partial charge in [0, 0.05) is 36.6 Å². The average Bonchev–Trinajstić information content (AvgIpc) is 3.00. The summed E-state index contributed by atoms with van der Waals surface area (Å²) < 4.78 is 1.88. The summed E-state index contributed by atoms with van der Waals surface area (Å²) in [5, 5.41) is 8.08. The Morgan fingerprint density at radius 1 is 1.24 bits per heavy atom. The van der Waals surface area contributed by atoms with Crippen LogP contribution in [0.15, 0.2) is 36.8 Å². The van der Waals surface area contributed by atoms with Gasteiger partial charge < -0.3 is 5.32 Å². The highest BCUT2D eigenvalue weighted by Gasteiger charge is 2.19. The van der Waals surface area contributed by atoms with E-state index >= 15 is 0 Å². The van der Waals surface area contributed by atoms with Gasteiger partial charge in [-0.2, -0.15) is 4.98 Å². The van der Waals surface area contributed by atoms with E-state index in [2.05, 4.69) is 25.4 Å². The molecule has 0 amide bonds. The molecule has 3 aromatic rings. The molecule has 106 valence electrons. The first-order valence-corrected chi connectivity index (χ1v) is 7.24. The second kappa shape index (κ2) is 5.21. The number of pyridine rings is 1. The normalized spacial score (nSPS) is 19.0. The lowest BCUT2D eigenvalue weighted by atomic mass is 9.96. The Bertz CT molecular complexity index is 745. The molecule has 0 bridgehead atoms. The minimum absolute atomic E-state index is 0.465. The number of fused-ring (bicyclic) bond motifs is 1. The van der Waals surface area contributed by atoms with Crippen LogP contribution in [0.4, 0.5) is 0 Å². The smallest absolute Gasteiger partial charge is 0.252 e. The first-order chi connectivity index (χ1) is 10.4. The van der Waals surface area contributed by atoms with Crippen molar-refractivity contribution in [2.24, 2.45) is 0 Å². The van der Waals surface area contributed by atoms with Crippen LogP contribution in [0.2, 0.25) is 0 Å². The Morgan fingerprint density at radius 2 is 2.24 bits per heavy atom. The zero-order chi connectivity index (χ0) is 14.1. The SMILES string of the molecule is c1cncc(-c2nc3nccc(C4CCCNC4)n3n2)c1. The summed E-state index contributed by atoms with van der Waals surface area (Å²) in [5.41, 5.74) is 2.09. The van der Waals surface area contributed by atoms with Crippen LogP contribution in [0.5, 0.6) is 0 Å². The van der Waals surface area contributed by atoms with Crippen molar-refractivity contribution in [1.82, 2.24) is 29.9 Å². The predicted molar refractivity (Wildman–Crippen MR) is 78.9 cm³/mol. The molecular weight excluding hydrogens is 264 g/mol. The zero-order valence-corrected chi connectivity index (χ0v) is 11.6. The van der Waals surface area contributed by atoms with Gasteiger partial charge in [-0.15, -0.1) is 5.10 Å². The fourth-order valence-corrected chi connectivity index (χ4v) is 2.84. The second-order valence-electron chi connectivity index (χ2n) is 5.30. The molecule has 0 aliphatic carbocycles. The number of rotatable bonds is 2. The van der Waals surface area contributed by atoms with E-state index in [0.717, 1.165) is 18.7 Å². The Kier molecular flexibility index (Phi) is 3.08. The van der Waals surface area contributed by atoms with Crippen LogP contribution in [0.1, 0.15) is 24.5 Å². The number of nitrogens with one attached hydrogen (secondary N) is 1. The van der Waals surface area contributed by atoms with Gasteiger partial charge in [-0.3, -0.25) is 4.98 Å². The van der Waals surface area contributed by atoms with Gasteiger partial charge in [0.15, 0.2) is 5.82 Å². The molecule has 0 radical (unpaired) electrons. The topological polar surface area (TPSA) is 68.0 Å². The Morgan fingerprint density at radius 3 is 3.05 bits per heavy atom. The molecule has 0 aromatic carbocycles. The molecule has 6 heteroatoms. The third-order valence-electron chi connectivity index (χ3n) is 3.90. The van der Waals surface area contributed by atoms with Gasteiger partial charge in [-0.25, -0.2) is 9.50 Å². The maximum absolute atomic E-state index is 4.63. The fourth-order valence-electron chi connectivity index (χ4n) is 2.84. The predicted octanol–water partition coefficient (Wildman–Crippen LogP) is 1.65. The number of hydrogen-bond acceptors (Lipinski definition) is 5. The molecule has 0 spiro atoms. The summed E-state index contributed by atoms with van der Waals surface area (Å²) in [7, 11) is 0. The molecule has 4 rings (SSSR count). The largest absolute Gasteiger partial charge is 0.316 e. The van der Waals surface area contributed by atoms with E-state index in [1.54, 1.807) is 12.4 Å². The summed E-state index contributed by atoms with van der Waals surface area (Å²) in [6.45, 7) is 2.09. The highest BCUT2D eigenvalue weighted by molar-refractivity contribution is 5.55. The lowest BCUT2D eigenvalue weighted by Crippen LogP contribution is -2.29. The number of hydrogen-bond donors (Lipinski definition) is 1. The first-order valence-electron chi connectivity index (χ1n) is 7.24. The van der Waals surface area contributed by atoms with Crippen LogP contribution in [-0.2, 0) is 0 Å². The van der Waals surface area contributed by atoms with Crippen molar-refractivity contribution in [2.75, 3.05) is 13.1 Å². The fraction of sp³-hybridized carbons (Fsp3) is 0.333. The molecule has 1 saturated heterocycles. The Hall–Kier alpha value is -2.34. The van der Waals surface area contributed by atoms with Crippen molar-refractivity contribution in [2.45, 2.75) is 18.8 Å². The van der Waals surface area contributed by atoms with Gasteiger partial charge in [0.05, 0.1) is 5.69 Å². The van der Waals surface area contributed by atoms with E-state index in [9.17, 15) is 0 Å². The van der Waals surface area contributed by atoms with Crippen LogP contribution >= 0.6 is 0 Å². The van der Waals surface area contributed by atoms with E-state index in [1.165, 1.54) is 18.5 Å². The van der Waals surface area contributed by atoms with Crippen LogP contribution in [0.3, 0.4) is 0 Å². The van der Waals surface area contributed by atoms with E-state index in [-0.39, 0.29) is 0 Å². The monoisotopic (exact) mass is 280 g/mol. The molecule has 0 saturated carbocycles. The molecule has 6 nitrogen and oxygen atoms in total. The van der Waals surface area contributed by atoms with Gasteiger partial charge in [0.2, 0.25) is 0 Å². The summed E-state index contributed by atoms with van der Waals surface area (Å²) in [6.07, 6.45) is 7.71. The standard InChI is InChI=1S/C15H16N6/c1-3-11(9-16-6-1)13-5-8-18-15-19-14(20-21(13)15)12-4-2-7-17-10-12/h2,4-5,7-8,10-11,16H,1,3,6,9H2. The van der Waals surface area contributed by atoms with Crippen molar-refractivity contribution in [1.29, 1.82) is 0 Å². The second-order valence-corrected chi connectivity index (χ2v) is 5.30. The Balaban J connectivity index is 1.80. The molecule has 1 atom stereocenters. The van der Waals surface area contributed by atoms with Gasteiger partial charge in [0.1, 0.15) is 0 Å². The van der Waals surface area contributed by atoms with Gasteiger partial charge in [-0.1, -0.05) is 0 Å². The summed E-state index contributed by atoms with van der Waals surface area (Å²) in [5.74, 6) is 1.79. The van der Waals surface area contributed by atoms with Crippen LogP contribution in [-0.4, -0.2) is 37.7 Å². The van der Waals surface area contributed by atoms with Crippen molar-refractivity contribution >= 4 is 5.78 Å². The van der Waals surface area contributed by atoms with Crippen molar-refractivity contribution in [3.05, 3.63) is 42.5 Å². The molecule has 1 N–H and O–H groups in total. The average molecular weight is 280 g/mol. The molecule has 21 heavy (non-hydrogen) atoms. The van der Waals surface area contributed by atoms with Crippen LogP contribution in [0, 0.1) is 0 Å². The number of piperidine rings is 1. The molecule has 4 heterocycles. The molecule has 1 aliphatic rings. The minimum Gasteiger partial charge on any atom is -0.316 e. The summed E-state index contributed by atoms with van der Waals surface area (Å²) in [6, 6.07) is 5.90. The van der Waals surface area contributed by atoms with Crippen molar-refractivity contribution in [3.63, 3.8) is 0 Å². The lowest BCUT2D eigenvalue weighted by molar-refractivity contribution is 0.448. The van der Waals surface area contributed by atoms with Gasteiger partial charge in [-0.05, 0) is 37.6 Å². The van der Waals surface area contributed by atoms with E-state index in [1.807, 2.05) is 28.9 Å². The van der Waals surface area contributed by atoms with Crippen molar-refractivity contribution < 1.29 is 0 Å². The maximum atomic E-state index is 4.63. The molecular formula is C15H16N6. The summed E-state index contributed by atoms with van der Waals surface area (Å²) in [4.78, 5) is 13.0. The first kappa shape index (κ1) is 12.4. The molecule has 1 unspecified atom stereocenters. The third-order valence-corrected chi connectivity index (χ3v) is 3.90. The van der Waals surface area contributed by atoms with Crippen LogP contribution < -0.4 is 5.32 Å². The third kappa shape index (κ3) is 2.27. The minimum atomic E-state index is 0.465. The van der Waals surface area contributed by atoms with E-state index < -0.39 is 0 Å². The molecule has 1 aliphatic heterocycles. The van der Waals surface area contributed by atoms with Crippen LogP contribution in [0.25, 0.3) is 17.2 Å². The molecule has 3 aromatic heterocycles. The quantitative estimate of drug-likeness (QED) is 0.773. The highest BCUT2D eigenvalue weighted by atomic mass is 15.3. The maximum Gasteiger partial charge on any atom is 0.252 e. The van der Waals surface area contributed by atoms with Crippen molar-refractivity contribution in [3.8, 4) is 11.4 Å². The lowest BCUT2D eigenvalue weighted by Gasteiger charge is -2.22. The zero-order valence-electron chi connectivity index (χ0n) is 11.6. The van der Waals surface area contributed by atoms with Gasteiger partial charge >= 0.3 is 0 Å². The van der Waals surface area contributed by atoms with Gasteiger partial charge in [0.25, 0.3) is 5.78 Å². The highest BCUT2D eigenvalue weighted by Crippen LogP contribution is 2.24. The van der Waals surface area contributed by atoms with E-state index in [0.29, 0.717) is 17.5 Å². The molecule has 1 fully saturated rings. The summed E-state index contributed by atoms with van der Waals surface area (Å²) >= 11 is 0. The number of nitrogens with zero attached hydrogens (tertiary/aromatic N) is 5. The number of aromatic nitrogens is 5. The van der Waals surface area contributed by atoms with E-state index in [4.69, 9.17) is 0 Å². The Labute approximate surface area is 122 Å².